The Morgan fingerprint density at radius 2 is 1.86 bits per heavy atom. The molecule has 1 aliphatic heterocycles. The van der Waals surface area contributed by atoms with Gasteiger partial charge in [-0.3, -0.25) is 4.79 Å². The van der Waals surface area contributed by atoms with E-state index in [1.165, 1.54) is 11.8 Å². The Morgan fingerprint density at radius 1 is 1.14 bits per heavy atom. The number of rotatable bonds is 1. The van der Waals surface area contributed by atoms with Gasteiger partial charge in [0.05, 0.1) is 22.0 Å². The number of fused-ring (bicyclic) bond motifs is 3. The summed E-state index contributed by atoms with van der Waals surface area (Å²) in [6, 6.07) is 15.1. The molecule has 2 heterocycles. The molecule has 1 unspecified atom stereocenters. The number of halogens is 1. The van der Waals surface area contributed by atoms with Crippen molar-refractivity contribution < 1.29 is 4.79 Å². The minimum Gasteiger partial charge on any atom is -0.259 e. The summed E-state index contributed by atoms with van der Waals surface area (Å²) in [5.41, 5.74) is 2.59. The van der Waals surface area contributed by atoms with Crippen molar-refractivity contribution in [2.45, 2.75) is 12.2 Å². The third-order valence-corrected chi connectivity index (χ3v) is 4.84. The molecule has 0 bridgehead atoms. The molecule has 0 fully saturated rings. The summed E-state index contributed by atoms with van der Waals surface area (Å²) in [4.78, 5) is 17.3. The fraction of sp³-hybridized carbons (Fsp3) is 0.125. The summed E-state index contributed by atoms with van der Waals surface area (Å²) in [7, 11) is 0. The molecule has 6 heteroatoms. The molecule has 110 valence electrons. The lowest BCUT2D eigenvalue weighted by atomic mass is 10.3. The molecule has 2 aromatic carbocycles. The first-order valence-corrected chi connectivity index (χ1v) is 8.15. The van der Waals surface area contributed by atoms with Gasteiger partial charge in [-0.25, -0.2) is 14.7 Å². The molecule has 4 nitrogen and oxygen atoms in total. The maximum Gasteiger partial charge on any atom is 0.306 e. The topological polar surface area (TPSA) is 38.1 Å². The van der Waals surface area contributed by atoms with Crippen LogP contribution in [-0.2, 0) is 0 Å². The average Bonchev–Trinajstić information content (AvgIpc) is 2.89. The largest absolute Gasteiger partial charge is 0.306 e. The number of imidazole rings is 1. The third-order valence-electron chi connectivity index (χ3n) is 3.65. The summed E-state index contributed by atoms with van der Waals surface area (Å²) in [6.45, 7) is 2.00. The van der Waals surface area contributed by atoms with Crippen LogP contribution in [0.25, 0.3) is 11.0 Å². The molecule has 0 aliphatic carbocycles. The summed E-state index contributed by atoms with van der Waals surface area (Å²) < 4.78 is 1.90. The van der Waals surface area contributed by atoms with Gasteiger partial charge in [0.25, 0.3) is 0 Å². The SMILES string of the molecule is CC1SC(=O)N(c2ccc(Cl)cc2)n2c1nc1ccccc12. The lowest BCUT2D eigenvalue weighted by Crippen LogP contribution is -2.38. The number of benzene rings is 2. The highest BCUT2D eigenvalue weighted by molar-refractivity contribution is 8.14. The Balaban J connectivity index is 1.98. The first-order valence-electron chi connectivity index (χ1n) is 6.89. The van der Waals surface area contributed by atoms with Crippen molar-refractivity contribution >= 4 is 45.3 Å². The van der Waals surface area contributed by atoms with Crippen LogP contribution in [0.3, 0.4) is 0 Å². The van der Waals surface area contributed by atoms with E-state index < -0.39 is 0 Å². The Hall–Kier alpha value is -1.98. The number of aromatic nitrogens is 2. The normalized spacial score (nSPS) is 17.8. The minimum absolute atomic E-state index is 0.0171. The van der Waals surface area contributed by atoms with Gasteiger partial charge in [0, 0.05) is 5.02 Å². The minimum atomic E-state index is -0.0227. The maximum absolute atomic E-state index is 12.6. The van der Waals surface area contributed by atoms with E-state index in [0.29, 0.717) is 5.02 Å². The van der Waals surface area contributed by atoms with Crippen LogP contribution >= 0.6 is 23.4 Å². The number of anilines is 1. The van der Waals surface area contributed by atoms with Gasteiger partial charge < -0.3 is 0 Å². The lowest BCUT2D eigenvalue weighted by Gasteiger charge is -2.31. The molecule has 1 aliphatic rings. The monoisotopic (exact) mass is 329 g/mol. The van der Waals surface area contributed by atoms with Crippen molar-refractivity contribution in [1.82, 2.24) is 9.66 Å². The van der Waals surface area contributed by atoms with E-state index in [4.69, 9.17) is 11.6 Å². The van der Waals surface area contributed by atoms with Crippen molar-refractivity contribution in [3.05, 3.63) is 59.4 Å². The number of hydrogen-bond donors (Lipinski definition) is 0. The number of thioether (sulfide) groups is 1. The van der Waals surface area contributed by atoms with Crippen molar-refractivity contribution in [1.29, 1.82) is 0 Å². The third kappa shape index (κ3) is 2.01. The van der Waals surface area contributed by atoms with E-state index in [1.807, 2.05) is 48.0 Å². The van der Waals surface area contributed by atoms with Crippen LogP contribution in [0.1, 0.15) is 18.0 Å². The fourth-order valence-corrected chi connectivity index (χ4v) is 3.62. The van der Waals surface area contributed by atoms with E-state index >= 15 is 0 Å². The molecule has 4 rings (SSSR count). The Kier molecular flexibility index (Phi) is 3.13. The maximum atomic E-state index is 12.6. The van der Waals surface area contributed by atoms with E-state index in [1.54, 1.807) is 17.1 Å². The highest BCUT2D eigenvalue weighted by Gasteiger charge is 2.33. The van der Waals surface area contributed by atoms with E-state index in [2.05, 4.69) is 4.98 Å². The zero-order valence-electron chi connectivity index (χ0n) is 11.7. The number of carbonyl (C=O) groups excluding carboxylic acids is 1. The van der Waals surface area contributed by atoms with Crippen LogP contribution in [0.5, 0.6) is 0 Å². The number of amides is 1. The molecule has 0 spiro atoms. The van der Waals surface area contributed by atoms with Crippen LogP contribution < -0.4 is 5.01 Å². The quantitative estimate of drug-likeness (QED) is 0.638. The number of para-hydroxylation sites is 2. The van der Waals surface area contributed by atoms with Crippen molar-refractivity contribution in [2.24, 2.45) is 0 Å². The van der Waals surface area contributed by atoms with E-state index in [9.17, 15) is 4.79 Å². The average molecular weight is 330 g/mol. The van der Waals surface area contributed by atoms with E-state index in [-0.39, 0.29) is 10.5 Å². The lowest BCUT2D eigenvalue weighted by molar-refractivity contribution is 0.262. The molecule has 22 heavy (non-hydrogen) atoms. The molecule has 0 saturated heterocycles. The summed E-state index contributed by atoms with van der Waals surface area (Å²) in [5, 5.41) is 2.30. The van der Waals surface area contributed by atoms with Gasteiger partial charge in [0.15, 0.2) is 0 Å². The van der Waals surface area contributed by atoms with Crippen LogP contribution in [0.2, 0.25) is 5.02 Å². The second-order valence-corrected chi connectivity index (χ2v) is 6.81. The molecule has 1 amide bonds. The van der Waals surface area contributed by atoms with Gasteiger partial charge in [0.1, 0.15) is 5.82 Å². The molecule has 1 atom stereocenters. The number of carbonyl (C=O) groups is 1. The summed E-state index contributed by atoms with van der Waals surface area (Å²) in [5.74, 6) is 0.876. The van der Waals surface area contributed by atoms with Gasteiger partial charge in [-0.1, -0.05) is 35.5 Å². The van der Waals surface area contributed by atoms with Gasteiger partial charge in [-0.05, 0) is 43.3 Å². The van der Waals surface area contributed by atoms with Crippen LogP contribution in [0.4, 0.5) is 10.5 Å². The van der Waals surface area contributed by atoms with Crippen LogP contribution in [0.15, 0.2) is 48.5 Å². The van der Waals surface area contributed by atoms with Crippen molar-refractivity contribution in [3.63, 3.8) is 0 Å². The van der Waals surface area contributed by atoms with Crippen molar-refractivity contribution in [2.75, 3.05) is 5.01 Å². The van der Waals surface area contributed by atoms with Gasteiger partial charge >= 0.3 is 5.24 Å². The number of hydrogen-bond acceptors (Lipinski definition) is 3. The highest BCUT2D eigenvalue weighted by Crippen LogP contribution is 2.39. The van der Waals surface area contributed by atoms with Gasteiger partial charge in [-0.2, -0.15) is 0 Å². The second kappa shape index (κ2) is 5.04. The summed E-state index contributed by atoms with van der Waals surface area (Å²) >= 11 is 7.23. The smallest absolute Gasteiger partial charge is 0.259 e. The zero-order chi connectivity index (χ0) is 15.3. The Morgan fingerprint density at radius 3 is 2.64 bits per heavy atom. The molecule has 1 aromatic heterocycles. The molecule has 0 saturated carbocycles. The zero-order valence-corrected chi connectivity index (χ0v) is 13.3. The van der Waals surface area contributed by atoms with Crippen molar-refractivity contribution in [3.8, 4) is 0 Å². The Bertz CT molecular complexity index is 875. The molecule has 3 aromatic rings. The second-order valence-electron chi connectivity index (χ2n) is 5.08. The molecule has 0 radical (unpaired) electrons. The number of nitrogens with zero attached hydrogens (tertiary/aromatic N) is 3. The molecular weight excluding hydrogens is 318 g/mol. The standard InChI is InChI=1S/C16H12ClN3OS/c1-10-15-18-13-4-2-3-5-14(13)20(15)19(16(21)22-10)12-8-6-11(17)7-9-12/h2-10H,1H3. The van der Waals surface area contributed by atoms with Gasteiger partial charge in [-0.15, -0.1) is 0 Å². The predicted octanol–water partition coefficient (Wildman–Crippen LogP) is 4.89. The highest BCUT2D eigenvalue weighted by atomic mass is 35.5. The molecular formula is C16H12ClN3OS. The van der Waals surface area contributed by atoms with Crippen LogP contribution in [-0.4, -0.2) is 14.9 Å². The first-order chi connectivity index (χ1) is 10.6. The Labute approximate surface area is 136 Å². The van der Waals surface area contributed by atoms with E-state index in [0.717, 1.165) is 22.5 Å². The van der Waals surface area contributed by atoms with Crippen LogP contribution in [0, 0.1) is 0 Å². The first kappa shape index (κ1) is 13.7. The fourth-order valence-electron chi connectivity index (χ4n) is 2.64. The van der Waals surface area contributed by atoms with Gasteiger partial charge in [0.2, 0.25) is 0 Å². The predicted molar refractivity (Wildman–Crippen MR) is 90.5 cm³/mol. The summed E-state index contributed by atoms with van der Waals surface area (Å²) in [6.07, 6.45) is 0. The molecule has 0 N–H and O–H groups in total.